The van der Waals surface area contributed by atoms with Crippen LogP contribution in [0.2, 0.25) is 0 Å². The van der Waals surface area contributed by atoms with Gasteiger partial charge in [-0.1, -0.05) is 17.7 Å². The summed E-state index contributed by atoms with van der Waals surface area (Å²) in [6, 6.07) is 7.62. The number of rotatable bonds is 4. The summed E-state index contributed by atoms with van der Waals surface area (Å²) >= 11 is 0. The van der Waals surface area contributed by atoms with Crippen LogP contribution in [0, 0.1) is 12.8 Å². The van der Waals surface area contributed by atoms with Gasteiger partial charge < -0.3 is 15.4 Å². The van der Waals surface area contributed by atoms with E-state index in [9.17, 15) is 9.59 Å². The molecule has 1 aromatic carbocycles. The molecule has 2 N–H and O–H groups in total. The number of benzene rings is 1. The highest BCUT2D eigenvalue weighted by Gasteiger charge is 2.28. The molecule has 0 radical (unpaired) electrons. The van der Waals surface area contributed by atoms with Crippen LogP contribution in [0.5, 0.6) is 5.75 Å². The average molecular weight is 290 g/mol. The van der Waals surface area contributed by atoms with E-state index in [-0.39, 0.29) is 17.7 Å². The minimum absolute atomic E-state index is 0.0431. The second kappa shape index (κ2) is 6.61. The van der Waals surface area contributed by atoms with Gasteiger partial charge in [0.15, 0.2) is 6.10 Å². The van der Waals surface area contributed by atoms with Gasteiger partial charge >= 0.3 is 0 Å². The van der Waals surface area contributed by atoms with Gasteiger partial charge in [-0.05, 0) is 38.8 Å². The molecule has 5 heteroatoms. The number of hydrogen-bond donors (Lipinski definition) is 1. The molecule has 2 amide bonds. The molecule has 0 unspecified atom stereocenters. The highest BCUT2D eigenvalue weighted by Crippen LogP contribution is 2.19. The summed E-state index contributed by atoms with van der Waals surface area (Å²) in [5.41, 5.74) is 6.44. The fourth-order valence-electron chi connectivity index (χ4n) is 2.51. The number of amides is 2. The van der Waals surface area contributed by atoms with Crippen molar-refractivity contribution in [2.75, 3.05) is 13.1 Å². The molecule has 1 atom stereocenters. The number of nitrogens with zero attached hydrogens (tertiary/aromatic N) is 1. The molecule has 1 aromatic rings. The lowest BCUT2D eigenvalue weighted by molar-refractivity contribution is -0.140. The van der Waals surface area contributed by atoms with Crippen LogP contribution >= 0.6 is 0 Å². The molecule has 114 valence electrons. The van der Waals surface area contributed by atoms with Gasteiger partial charge in [0, 0.05) is 19.0 Å². The number of aryl methyl sites for hydroxylation is 1. The summed E-state index contributed by atoms with van der Waals surface area (Å²) in [5.74, 6) is 0.264. The summed E-state index contributed by atoms with van der Waals surface area (Å²) in [7, 11) is 0. The van der Waals surface area contributed by atoms with E-state index in [0.29, 0.717) is 31.7 Å². The smallest absolute Gasteiger partial charge is 0.263 e. The van der Waals surface area contributed by atoms with Crippen molar-refractivity contribution < 1.29 is 14.3 Å². The molecule has 21 heavy (non-hydrogen) atoms. The molecule has 0 bridgehead atoms. The van der Waals surface area contributed by atoms with E-state index in [2.05, 4.69) is 0 Å². The number of likely N-dealkylation sites (tertiary alicyclic amines) is 1. The minimum Gasteiger partial charge on any atom is -0.481 e. The van der Waals surface area contributed by atoms with Crippen LogP contribution < -0.4 is 10.5 Å². The van der Waals surface area contributed by atoms with Crippen molar-refractivity contribution in [1.29, 1.82) is 0 Å². The monoisotopic (exact) mass is 290 g/mol. The van der Waals surface area contributed by atoms with Gasteiger partial charge in [0.2, 0.25) is 5.91 Å². The van der Waals surface area contributed by atoms with Gasteiger partial charge in [-0.2, -0.15) is 0 Å². The zero-order valence-corrected chi connectivity index (χ0v) is 12.5. The quantitative estimate of drug-likeness (QED) is 0.913. The van der Waals surface area contributed by atoms with E-state index in [4.69, 9.17) is 10.5 Å². The van der Waals surface area contributed by atoms with E-state index < -0.39 is 6.10 Å². The summed E-state index contributed by atoms with van der Waals surface area (Å²) in [5, 5.41) is 0. The Hall–Kier alpha value is -2.04. The number of piperidine rings is 1. The predicted octanol–water partition coefficient (Wildman–Crippen LogP) is 1.49. The zero-order chi connectivity index (χ0) is 15.4. The van der Waals surface area contributed by atoms with Crippen molar-refractivity contribution in [2.24, 2.45) is 11.7 Å². The first-order chi connectivity index (χ1) is 9.97. The normalized spacial score (nSPS) is 17.3. The SMILES string of the molecule is Cc1ccc(O[C@H](C)C(=O)N2CCC(C(N)=O)CC2)cc1. The summed E-state index contributed by atoms with van der Waals surface area (Å²) in [6.45, 7) is 4.88. The molecule has 1 fully saturated rings. The minimum atomic E-state index is -0.530. The maximum absolute atomic E-state index is 12.3. The standard InChI is InChI=1S/C16H22N2O3/c1-11-3-5-14(6-4-11)21-12(2)16(20)18-9-7-13(8-10-18)15(17)19/h3-6,12-13H,7-10H2,1-2H3,(H2,17,19)/t12-/m1/s1. The lowest BCUT2D eigenvalue weighted by atomic mass is 9.96. The fourth-order valence-corrected chi connectivity index (χ4v) is 2.51. The Morgan fingerprint density at radius 2 is 1.81 bits per heavy atom. The van der Waals surface area contributed by atoms with Crippen LogP contribution in [0.15, 0.2) is 24.3 Å². The summed E-state index contributed by atoms with van der Waals surface area (Å²) < 4.78 is 5.68. The first-order valence-electron chi connectivity index (χ1n) is 7.29. The van der Waals surface area contributed by atoms with Crippen LogP contribution in [-0.2, 0) is 9.59 Å². The molecule has 2 rings (SSSR count). The molecule has 0 aromatic heterocycles. The number of nitrogens with two attached hydrogens (primary N) is 1. The first-order valence-corrected chi connectivity index (χ1v) is 7.29. The third kappa shape index (κ3) is 3.97. The van der Waals surface area contributed by atoms with Crippen LogP contribution in [0.1, 0.15) is 25.3 Å². The van der Waals surface area contributed by atoms with Crippen molar-refractivity contribution in [3.05, 3.63) is 29.8 Å². The van der Waals surface area contributed by atoms with E-state index in [0.717, 1.165) is 5.56 Å². The van der Waals surface area contributed by atoms with E-state index in [1.54, 1.807) is 11.8 Å². The Bertz CT molecular complexity index is 505. The van der Waals surface area contributed by atoms with E-state index in [1.807, 2.05) is 31.2 Å². The predicted molar refractivity (Wildman–Crippen MR) is 79.8 cm³/mol. The maximum Gasteiger partial charge on any atom is 0.263 e. The van der Waals surface area contributed by atoms with Crippen molar-refractivity contribution in [3.63, 3.8) is 0 Å². The highest BCUT2D eigenvalue weighted by molar-refractivity contribution is 5.82. The fraction of sp³-hybridized carbons (Fsp3) is 0.500. The Kier molecular flexibility index (Phi) is 4.83. The van der Waals surface area contributed by atoms with Crippen molar-refractivity contribution in [1.82, 2.24) is 4.90 Å². The van der Waals surface area contributed by atoms with Gasteiger partial charge in [-0.3, -0.25) is 9.59 Å². The number of carbonyl (C=O) groups is 2. The maximum atomic E-state index is 12.3. The molecule has 1 aliphatic heterocycles. The first kappa shape index (κ1) is 15.4. The molecule has 1 saturated heterocycles. The van der Waals surface area contributed by atoms with E-state index >= 15 is 0 Å². The van der Waals surface area contributed by atoms with Gasteiger partial charge in [-0.25, -0.2) is 0 Å². The number of hydrogen-bond acceptors (Lipinski definition) is 3. The molecule has 1 aliphatic rings. The summed E-state index contributed by atoms with van der Waals surface area (Å²) in [4.78, 5) is 25.2. The third-order valence-electron chi connectivity index (χ3n) is 3.89. The molecular formula is C16H22N2O3. The number of ether oxygens (including phenoxy) is 1. The van der Waals surface area contributed by atoms with Gasteiger partial charge in [0.1, 0.15) is 5.75 Å². The van der Waals surface area contributed by atoms with Crippen LogP contribution in [-0.4, -0.2) is 35.9 Å². The number of primary amides is 1. The Morgan fingerprint density at radius 3 is 2.33 bits per heavy atom. The lowest BCUT2D eigenvalue weighted by Crippen LogP contribution is -2.46. The molecule has 0 spiro atoms. The number of carbonyl (C=O) groups excluding carboxylic acids is 2. The van der Waals surface area contributed by atoms with Crippen LogP contribution in [0.4, 0.5) is 0 Å². The lowest BCUT2D eigenvalue weighted by Gasteiger charge is -2.32. The third-order valence-corrected chi connectivity index (χ3v) is 3.89. The van der Waals surface area contributed by atoms with Crippen molar-refractivity contribution in [2.45, 2.75) is 32.8 Å². The average Bonchev–Trinajstić information content (AvgIpc) is 2.49. The topological polar surface area (TPSA) is 72.6 Å². The largest absolute Gasteiger partial charge is 0.481 e. The second-order valence-electron chi connectivity index (χ2n) is 5.58. The van der Waals surface area contributed by atoms with Crippen LogP contribution in [0.25, 0.3) is 0 Å². The highest BCUT2D eigenvalue weighted by atomic mass is 16.5. The summed E-state index contributed by atoms with van der Waals surface area (Å²) in [6.07, 6.45) is 0.745. The van der Waals surface area contributed by atoms with Gasteiger partial charge in [0.25, 0.3) is 5.91 Å². The molecule has 5 nitrogen and oxygen atoms in total. The Labute approximate surface area is 125 Å². The van der Waals surface area contributed by atoms with Crippen LogP contribution in [0.3, 0.4) is 0 Å². The molecule has 0 saturated carbocycles. The second-order valence-corrected chi connectivity index (χ2v) is 5.58. The Balaban J connectivity index is 1.88. The molecular weight excluding hydrogens is 268 g/mol. The Morgan fingerprint density at radius 1 is 1.24 bits per heavy atom. The molecule has 0 aliphatic carbocycles. The molecule has 1 heterocycles. The zero-order valence-electron chi connectivity index (χ0n) is 12.5. The van der Waals surface area contributed by atoms with Crippen molar-refractivity contribution >= 4 is 11.8 Å². The van der Waals surface area contributed by atoms with Gasteiger partial charge in [-0.15, -0.1) is 0 Å². The van der Waals surface area contributed by atoms with Crippen molar-refractivity contribution in [3.8, 4) is 5.75 Å². The van der Waals surface area contributed by atoms with E-state index in [1.165, 1.54) is 0 Å². The van der Waals surface area contributed by atoms with Gasteiger partial charge in [0.05, 0.1) is 0 Å².